The van der Waals surface area contributed by atoms with E-state index in [4.69, 9.17) is 0 Å². The fourth-order valence-corrected chi connectivity index (χ4v) is 1.07. The molecule has 0 aliphatic carbocycles. The van der Waals surface area contributed by atoms with Crippen molar-refractivity contribution in [3.05, 3.63) is 42.5 Å². The van der Waals surface area contributed by atoms with Gasteiger partial charge < -0.3 is 9.41 Å². The van der Waals surface area contributed by atoms with E-state index in [1.807, 2.05) is 0 Å². The summed E-state index contributed by atoms with van der Waals surface area (Å²) in [6.07, 6.45) is 0. The second kappa shape index (κ2) is 6.13. The zero-order valence-electron chi connectivity index (χ0n) is 6.30. The molecule has 0 N–H and O–H groups in total. The van der Waals surface area contributed by atoms with E-state index in [-0.39, 0.29) is 35.6 Å². The molecule has 0 bridgehead atoms. The fourth-order valence-electron chi connectivity index (χ4n) is 1.07. The van der Waals surface area contributed by atoms with Gasteiger partial charge in [-0.05, 0) is 0 Å². The molecule has 0 amide bonds. The van der Waals surface area contributed by atoms with Crippen LogP contribution in [0.3, 0.4) is 0 Å². The number of hydrogen-bond acceptors (Lipinski definition) is 0. The summed E-state index contributed by atoms with van der Waals surface area (Å²) in [4.78, 5) is 0. The number of hydrogen-bond donors (Lipinski definition) is 0. The van der Waals surface area contributed by atoms with E-state index >= 15 is 0 Å². The van der Waals surface area contributed by atoms with Gasteiger partial charge in [0.15, 0.2) is 0 Å². The van der Waals surface area contributed by atoms with E-state index in [0.29, 0.717) is 0 Å². The SMILES string of the molecule is [F-].[F-].[Zr+3].c1ccc2[cH-]ccc2c1. The minimum absolute atomic E-state index is 0. The van der Waals surface area contributed by atoms with Gasteiger partial charge in [0, 0.05) is 0 Å². The largest absolute Gasteiger partial charge is 3.00 e. The molecule has 0 atom stereocenters. The maximum absolute atomic E-state index is 2.12. The molecule has 0 aromatic heterocycles. The summed E-state index contributed by atoms with van der Waals surface area (Å²) in [7, 11) is 0. The van der Waals surface area contributed by atoms with Crippen molar-refractivity contribution in [2.75, 3.05) is 0 Å². The molecular weight excluding hydrogens is 237 g/mol. The van der Waals surface area contributed by atoms with Gasteiger partial charge in [0.2, 0.25) is 0 Å². The van der Waals surface area contributed by atoms with Gasteiger partial charge in [-0.15, -0.1) is 29.7 Å². The van der Waals surface area contributed by atoms with Gasteiger partial charge in [0.1, 0.15) is 0 Å². The van der Waals surface area contributed by atoms with Crippen LogP contribution in [-0.4, -0.2) is 0 Å². The molecule has 2 aromatic rings. The van der Waals surface area contributed by atoms with Crippen LogP contribution in [-0.2, 0) is 26.2 Å². The first kappa shape index (κ1) is 14.1. The monoisotopic (exact) mass is 243 g/mol. The molecule has 12 heavy (non-hydrogen) atoms. The molecule has 0 nitrogen and oxygen atoms in total. The summed E-state index contributed by atoms with van der Waals surface area (Å²) in [6.45, 7) is 0. The first-order valence-corrected chi connectivity index (χ1v) is 3.07. The van der Waals surface area contributed by atoms with Crippen LogP contribution in [0.25, 0.3) is 10.8 Å². The first-order valence-electron chi connectivity index (χ1n) is 3.07. The van der Waals surface area contributed by atoms with E-state index in [0.717, 1.165) is 0 Å². The molecule has 0 saturated carbocycles. The minimum Gasteiger partial charge on any atom is -1.00 e. The Balaban J connectivity index is 0. The fraction of sp³-hybridized carbons (Fsp3) is 0. The second-order valence-corrected chi connectivity index (χ2v) is 2.15. The zero-order chi connectivity index (χ0) is 6.10. The van der Waals surface area contributed by atoms with Crippen molar-refractivity contribution in [3.63, 3.8) is 0 Å². The number of fused-ring (bicyclic) bond motifs is 1. The Morgan fingerprint density at radius 1 is 0.917 bits per heavy atom. The third kappa shape index (κ3) is 2.56. The Hall–Kier alpha value is -0.427. The molecule has 0 fully saturated rings. The van der Waals surface area contributed by atoms with Crippen LogP contribution in [0.2, 0.25) is 0 Å². The zero-order valence-corrected chi connectivity index (χ0v) is 8.76. The molecule has 2 aromatic carbocycles. The summed E-state index contributed by atoms with van der Waals surface area (Å²) in [5, 5.41) is 2.66. The molecule has 0 heterocycles. The Morgan fingerprint density at radius 2 is 1.58 bits per heavy atom. The number of benzene rings is 1. The van der Waals surface area contributed by atoms with E-state index < -0.39 is 0 Å². The Labute approximate surface area is 88.8 Å². The average Bonchev–Trinajstić information content (AvgIpc) is 2.33. The maximum atomic E-state index is 2.12. The number of halogens is 2. The summed E-state index contributed by atoms with van der Waals surface area (Å²) in [5.41, 5.74) is 0. The van der Waals surface area contributed by atoms with Crippen LogP contribution in [0.5, 0.6) is 0 Å². The molecule has 0 unspecified atom stereocenters. The van der Waals surface area contributed by atoms with Gasteiger partial charge in [-0.3, -0.25) is 0 Å². The third-order valence-electron chi connectivity index (χ3n) is 1.55. The second-order valence-electron chi connectivity index (χ2n) is 2.15. The molecule has 3 heteroatoms. The van der Waals surface area contributed by atoms with Crippen LogP contribution in [0, 0.1) is 0 Å². The molecule has 0 saturated heterocycles. The molecule has 0 aliphatic heterocycles. The van der Waals surface area contributed by atoms with E-state index in [1.54, 1.807) is 0 Å². The van der Waals surface area contributed by atoms with Crippen molar-refractivity contribution in [1.82, 2.24) is 0 Å². The van der Waals surface area contributed by atoms with Crippen molar-refractivity contribution >= 4 is 10.8 Å². The topological polar surface area (TPSA) is 0 Å². The smallest absolute Gasteiger partial charge is 1.00 e. The van der Waals surface area contributed by atoms with Gasteiger partial charge in [-0.2, -0.15) is 17.5 Å². The predicted molar refractivity (Wildman–Crippen MR) is 39.5 cm³/mol. The van der Waals surface area contributed by atoms with Crippen LogP contribution in [0.15, 0.2) is 42.5 Å². The van der Waals surface area contributed by atoms with Gasteiger partial charge in [-0.1, -0.05) is 6.07 Å². The molecular formula is C9H7F2Zr. The molecule has 61 valence electrons. The number of rotatable bonds is 0. The summed E-state index contributed by atoms with van der Waals surface area (Å²) in [6, 6.07) is 14.7. The van der Waals surface area contributed by atoms with E-state index in [1.165, 1.54) is 10.8 Å². The quantitative estimate of drug-likeness (QED) is 0.423. The molecule has 0 spiro atoms. The molecule has 2 rings (SSSR count). The minimum atomic E-state index is 0. The van der Waals surface area contributed by atoms with Crippen LogP contribution < -0.4 is 9.41 Å². The van der Waals surface area contributed by atoms with Crippen molar-refractivity contribution in [1.29, 1.82) is 0 Å². The van der Waals surface area contributed by atoms with Crippen molar-refractivity contribution in [2.24, 2.45) is 0 Å². The third-order valence-corrected chi connectivity index (χ3v) is 1.55. The van der Waals surface area contributed by atoms with Crippen LogP contribution in [0.4, 0.5) is 0 Å². The predicted octanol–water partition coefficient (Wildman–Crippen LogP) is -3.44. The van der Waals surface area contributed by atoms with Crippen molar-refractivity contribution in [3.8, 4) is 0 Å². The van der Waals surface area contributed by atoms with Crippen LogP contribution >= 0.6 is 0 Å². The average molecular weight is 244 g/mol. The normalized spacial score (nSPS) is 7.67. The van der Waals surface area contributed by atoms with Gasteiger partial charge in [0.05, 0.1) is 0 Å². The molecule has 1 radical (unpaired) electrons. The van der Waals surface area contributed by atoms with Crippen molar-refractivity contribution < 1.29 is 35.6 Å². The van der Waals surface area contributed by atoms with Crippen molar-refractivity contribution in [2.45, 2.75) is 0 Å². The Morgan fingerprint density at radius 3 is 2.25 bits per heavy atom. The summed E-state index contributed by atoms with van der Waals surface area (Å²) >= 11 is 0. The van der Waals surface area contributed by atoms with E-state index in [9.17, 15) is 0 Å². The van der Waals surface area contributed by atoms with Gasteiger partial charge >= 0.3 is 26.2 Å². The summed E-state index contributed by atoms with van der Waals surface area (Å²) < 4.78 is 0. The van der Waals surface area contributed by atoms with Gasteiger partial charge in [0.25, 0.3) is 0 Å². The Bertz CT molecular complexity index is 287. The van der Waals surface area contributed by atoms with E-state index in [2.05, 4.69) is 42.5 Å². The van der Waals surface area contributed by atoms with Gasteiger partial charge in [-0.25, -0.2) is 0 Å². The maximum Gasteiger partial charge on any atom is 3.00 e. The summed E-state index contributed by atoms with van der Waals surface area (Å²) in [5.74, 6) is 0. The Kier molecular flexibility index (Phi) is 7.21. The van der Waals surface area contributed by atoms with Crippen LogP contribution in [0.1, 0.15) is 0 Å². The first-order chi connectivity index (χ1) is 4.47. The standard InChI is InChI=1S/C9H7.2FH.Zr/c1-2-5-9-7-3-6-8(9)4-1;;;/h1-7H;2*1H;/q-1;;;+3/p-2. The molecule has 0 aliphatic rings.